The molecule has 2 rings (SSSR count). The van der Waals surface area contributed by atoms with Crippen LogP contribution in [0, 0.1) is 5.92 Å². The van der Waals surface area contributed by atoms with Gasteiger partial charge in [-0.15, -0.1) is 0 Å². The van der Waals surface area contributed by atoms with Crippen LogP contribution in [0.1, 0.15) is 31.4 Å². The van der Waals surface area contributed by atoms with Gasteiger partial charge in [0.15, 0.2) is 0 Å². The summed E-state index contributed by atoms with van der Waals surface area (Å²) in [6.45, 7) is 3.03. The third kappa shape index (κ3) is 3.04. The normalized spacial score (nSPS) is 24.4. The van der Waals surface area contributed by atoms with Gasteiger partial charge in [0, 0.05) is 18.6 Å². The molecule has 0 saturated carbocycles. The van der Waals surface area contributed by atoms with Crippen LogP contribution in [-0.4, -0.2) is 26.9 Å². The number of hydrogen-bond acceptors (Lipinski definition) is 3. The van der Waals surface area contributed by atoms with Crippen LogP contribution in [0.5, 0.6) is 5.75 Å². The molecule has 1 aromatic carbocycles. The molecule has 1 aliphatic heterocycles. The molecule has 1 saturated heterocycles. The summed E-state index contributed by atoms with van der Waals surface area (Å²) in [7, 11) is 3.63. The minimum Gasteiger partial charge on any atom is -0.495 e. The Balaban J connectivity index is 2.24. The van der Waals surface area contributed by atoms with Crippen molar-refractivity contribution in [3.63, 3.8) is 0 Å². The lowest BCUT2D eigenvalue weighted by Crippen LogP contribution is -2.30. The first-order chi connectivity index (χ1) is 9.21. The maximum atomic E-state index is 6.22. The van der Waals surface area contributed by atoms with Gasteiger partial charge >= 0.3 is 0 Å². The first-order valence-electron chi connectivity index (χ1n) is 6.83. The molecule has 0 aromatic heterocycles. The van der Waals surface area contributed by atoms with E-state index in [9.17, 15) is 0 Å². The molecule has 3 unspecified atom stereocenters. The van der Waals surface area contributed by atoms with Gasteiger partial charge < -0.3 is 14.8 Å². The SMILES string of the molecule is CCC1OCCC1C(NC)c1ccc(OC)c(Cl)c1. The Morgan fingerprint density at radius 3 is 2.89 bits per heavy atom. The third-order valence-electron chi connectivity index (χ3n) is 3.94. The molecule has 0 radical (unpaired) electrons. The molecule has 0 amide bonds. The van der Waals surface area contributed by atoms with Crippen molar-refractivity contribution >= 4 is 11.6 Å². The molecular weight excluding hydrogens is 262 g/mol. The van der Waals surface area contributed by atoms with E-state index in [-0.39, 0.29) is 6.04 Å². The smallest absolute Gasteiger partial charge is 0.137 e. The van der Waals surface area contributed by atoms with Gasteiger partial charge in [-0.1, -0.05) is 24.6 Å². The molecule has 19 heavy (non-hydrogen) atoms. The molecule has 1 aromatic rings. The van der Waals surface area contributed by atoms with Crippen molar-refractivity contribution in [2.45, 2.75) is 31.9 Å². The van der Waals surface area contributed by atoms with Gasteiger partial charge in [-0.3, -0.25) is 0 Å². The third-order valence-corrected chi connectivity index (χ3v) is 4.23. The van der Waals surface area contributed by atoms with Crippen LogP contribution in [0.15, 0.2) is 18.2 Å². The summed E-state index contributed by atoms with van der Waals surface area (Å²) in [4.78, 5) is 0. The second-order valence-electron chi connectivity index (χ2n) is 4.93. The lowest BCUT2D eigenvalue weighted by molar-refractivity contribution is 0.0782. The zero-order valence-electron chi connectivity index (χ0n) is 11.8. The Hall–Kier alpha value is -0.770. The second-order valence-corrected chi connectivity index (χ2v) is 5.34. The minimum absolute atomic E-state index is 0.274. The Morgan fingerprint density at radius 2 is 2.32 bits per heavy atom. The van der Waals surface area contributed by atoms with E-state index in [2.05, 4.69) is 18.3 Å². The van der Waals surface area contributed by atoms with Gasteiger partial charge in [0.25, 0.3) is 0 Å². The molecule has 1 N–H and O–H groups in total. The lowest BCUT2D eigenvalue weighted by atomic mass is 9.87. The summed E-state index contributed by atoms with van der Waals surface area (Å²) in [5.74, 6) is 1.22. The number of hydrogen-bond donors (Lipinski definition) is 1. The van der Waals surface area contributed by atoms with E-state index in [0.717, 1.165) is 25.2 Å². The largest absolute Gasteiger partial charge is 0.495 e. The Kier molecular flexibility index (Phi) is 5.08. The Bertz CT molecular complexity index is 425. The molecular formula is C15H22ClNO2. The zero-order chi connectivity index (χ0) is 13.8. The number of rotatable bonds is 5. The molecule has 1 aliphatic rings. The number of benzene rings is 1. The molecule has 0 aliphatic carbocycles. The van der Waals surface area contributed by atoms with Crippen molar-refractivity contribution < 1.29 is 9.47 Å². The van der Waals surface area contributed by atoms with Crippen molar-refractivity contribution in [2.75, 3.05) is 20.8 Å². The van der Waals surface area contributed by atoms with Gasteiger partial charge in [0.1, 0.15) is 5.75 Å². The summed E-state index contributed by atoms with van der Waals surface area (Å²) in [6, 6.07) is 6.28. The van der Waals surface area contributed by atoms with Crippen LogP contribution in [0.2, 0.25) is 5.02 Å². The quantitative estimate of drug-likeness (QED) is 0.898. The zero-order valence-corrected chi connectivity index (χ0v) is 12.5. The Morgan fingerprint density at radius 1 is 1.53 bits per heavy atom. The highest BCUT2D eigenvalue weighted by molar-refractivity contribution is 6.32. The topological polar surface area (TPSA) is 30.5 Å². The predicted octanol–water partition coefficient (Wildman–Crippen LogP) is 3.42. The van der Waals surface area contributed by atoms with E-state index >= 15 is 0 Å². The van der Waals surface area contributed by atoms with Gasteiger partial charge in [-0.2, -0.15) is 0 Å². The second kappa shape index (κ2) is 6.60. The van der Waals surface area contributed by atoms with Crippen molar-refractivity contribution in [3.8, 4) is 5.75 Å². The average molecular weight is 284 g/mol. The van der Waals surface area contributed by atoms with Gasteiger partial charge in [0.05, 0.1) is 18.2 Å². The van der Waals surface area contributed by atoms with E-state index in [1.807, 2.05) is 19.2 Å². The Labute approximate surface area is 120 Å². The van der Waals surface area contributed by atoms with Gasteiger partial charge in [0.2, 0.25) is 0 Å². The van der Waals surface area contributed by atoms with E-state index < -0.39 is 0 Å². The van der Waals surface area contributed by atoms with Crippen LogP contribution >= 0.6 is 11.6 Å². The van der Waals surface area contributed by atoms with Crippen molar-refractivity contribution in [3.05, 3.63) is 28.8 Å². The predicted molar refractivity (Wildman–Crippen MR) is 77.9 cm³/mol. The number of ether oxygens (including phenoxy) is 2. The van der Waals surface area contributed by atoms with Crippen molar-refractivity contribution in [1.82, 2.24) is 5.32 Å². The fraction of sp³-hybridized carbons (Fsp3) is 0.600. The van der Waals surface area contributed by atoms with E-state index in [0.29, 0.717) is 17.0 Å². The van der Waals surface area contributed by atoms with Crippen LogP contribution in [0.4, 0.5) is 0 Å². The summed E-state index contributed by atoms with van der Waals surface area (Å²) in [5.41, 5.74) is 1.20. The summed E-state index contributed by atoms with van der Waals surface area (Å²) < 4.78 is 11.0. The first kappa shape index (κ1) is 14.6. The van der Waals surface area contributed by atoms with Crippen LogP contribution < -0.4 is 10.1 Å². The molecule has 106 valence electrons. The standard InChI is InChI=1S/C15H22ClNO2/c1-4-13-11(7-8-19-13)15(17-2)10-5-6-14(18-3)12(16)9-10/h5-6,9,11,13,15,17H,4,7-8H2,1-3H3. The highest BCUT2D eigenvalue weighted by atomic mass is 35.5. The van der Waals surface area contributed by atoms with E-state index in [1.54, 1.807) is 7.11 Å². The average Bonchev–Trinajstić information content (AvgIpc) is 2.88. The highest BCUT2D eigenvalue weighted by Gasteiger charge is 2.33. The molecule has 4 heteroatoms. The van der Waals surface area contributed by atoms with Crippen molar-refractivity contribution in [1.29, 1.82) is 0 Å². The molecule has 0 spiro atoms. The fourth-order valence-corrected chi connectivity index (χ4v) is 3.24. The monoisotopic (exact) mass is 283 g/mol. The molecule has 1 heterocycles. The maximum absolute atomic E-state index is 6.22. The number of halogens is 1. The van der Waals surface area contributed by atoms with Gasteiger partial charge in [-0.05, 0) is 37.6 Å². The molecule has 3 atom stereocenters. The van der Waals surface area contributed by atoms with Crippen LogP contribution in [0.25, 0.3) is 0 Å². The molecule has 1 fully saturated rings. The fourth-order valence-electron chi connectivity index (χ4n) is 2.97. The lowest BCUT2D eigenvalue weighted by Gasteiger charge is -2.27. The number of nitrogens with one attached hydrogen (secondary N) is 1. The molecule has 0 bridgehead atoms. The summed E-state index contributed by atoms with van der Waals surface area (Å²) in [6.07, 6.45) is 2.47. The maximum Gasteiger partial charge on any atom is 0.137 e. The highest BCUT2D eigenvalue weighted by Crippen LogP contribution is 2.37. The van der Waals surface area contributed by atoms with E-state index in [4.69, 9.17) is 21.1 Å². The van der Waals surface area contributed by atoms with Crippen LogP contribution in [-0.2, 0) is 4.74 Å². The van der Waals surface area contributed by atoms with Crippen LogP contribution in [0.3, 0.4) is 0 Å². The summed E-state index contributed by atoms with van der Waals surface area (Å²) in [5, 5.41) is 4.07. The summed E-state index contributed by atoms with van der Waals surface area (Å²) >= 11 is 6.22. The van der Waals surface area contributed by atoms with Crippen molar-refractivity contribution in [2.24, 2.45) is 5.92 Å². The van der Waals surface area contributed by atoms with Gasteiger partial charge in [-0.25, -0.2) is 0 Å². The minimum atomic E-state index is 0.274. The van der Waals surface area contributed by atoms with E-state index in [1.165, 1.54) is 5.56 Å². The first-order valence-corrected chi connectivity index (χ1v) is 7.21. The number of methoxy groups -OCH3 is 1. The molecule has 3 nitrogen and oxygen atoms in total.